The molecule has 0 spiro atoms. The number of non-ortho nitro benzene ring substituents is 1. The number of benzene rings is 5. The molecule has 6 atom stereocenters. The molecule has 0 aromatic heterocycles. The molecule has 0 saturated heterocycles. The number of ether oxygens (including phenoxy) is 3. The van der Waals surface area contributed by atoms with Crippen molar-refractivity contribution >= 4 is 17.3 Å². The smallest absolute Gasteiger partial charge is 0.269 e. The molecule has 0 bridgehead atoms. The van der Waals surface area contributed by atoms with Gasteiger partial charge in [0.25, 0.3) is 5.69 Å². The van der Waals surface area contributed by atoms with Gasteiger partial charge in [0, 0.05) is 56.2 Å². The third-order valence-electron chi connectivity index (χ3n) is 15.6. The number of aliphatic hydroxyl groups is 2. The Hall–Kier alpha value is -6.67. The number of aliphatic hydroxyl groups excluding tert-OH is 2. The maximum absolute atomic E-state index is 15.3. The Morgan fingerprint density at radius 1 is 0.851 bits per heavy atom. The van der Waals surface area contributed by atoms with Crippen molar-refractivity contribution in [1.29, 1.82) is 0 Å². The standard InChI is InChI=1S/C61H68FN3O9/c1-2-36-71-61-57(64(40-43-18-25-48(62)26-19-43)58(68)33-22-42-12-6-7-13-42)39-55(63-72-41-44-20-27-49(28-21-44)65(69)70)53-37-47(16-8-10-34-66)52(17-9-11-35-67)59(60(53)61)54-38-51(31-32-56(54)74-61)73-50-29-23-46(24-30-50)45-14-4-3-5-15-45/h2-5,14-15,18-21,23-32,37-38,42,47,52,57,59-60,66-67H,1,6-13,16-17,22,33-36,39-41H2. The lowest BCUT2D eigenvalue weighted by Gasteiger charge is -2.60. The van der Waals surface area contributed by atoms with E-state index in [1.54, 1.807) is 30.3 Å². The van der Waals surface area contributed by atoms with E-state index in [4.69, 9.17) is 24.2 Å². The molecule has 1 amide bonds. The molecule has 3 aliphatic carbocycles. The van der Waals surface area contributed by atoms with Gasteiger partial charge in [-0.15, -0.1) is 6.58 Å². The highest BCUT2D eigenvalue weighted by atomic mass is 19.1. The highest BCUT2D eigenvalue weighted by Crippen LogP contribution is 2.62. The number of carbonyl (C=O) groups is 1. The number of carbonyl (C=O) groups excluding carboxylic acids is 1. The number of unbranched alkanes of at least 4 members (excludes halogenated alkanes) is 2. The van der Waals surface area contributed by atoms with Crippen LogP contribution in [0.25, 0.3) is 11.1 Å². The first-order valence-electron chi connectivity index (χ1n) is 26.5. The molecule has 2 fully saturated rings. The van der Waals surface area contributed by atoms with Gasteiger partial charge in [-0.1, -0.05) is 110 Å². The molecule has 13 heteroatoms. The van der Waals surface area contributed by atoms with Crippen molar-refractivity contribution in [2.24, 2.45) is 28.8 Å². The quantitative estimate of drug-likeness (QED) is 0.0266. The van der Waals surface area contributed by atoms with Gasteiger partial charge in [0.2, 0.25) is 11.7 Å². The highest BCUT2D eigenvalue weighted by Gasteiger charge is 2.65. The summed E-state index contributed by atoms with van der Waals surface area (Å²) in [7, 11) is 0. The molecule has 74 heavy (non-hydrogen) atoms. The van der Waals surface area contributed by atoms with Crippen molar-refractivity contribution in [1.82, 2.24) is 4.90 Å². The van der Waals surface area contributed by atoms with E-state index in [0.717, 1.165) is 85.6 Å². The molecule has 1 aliphatic heterocycles. The minimum Gasteiger partial charge on any atom is -0.459 e. The SMILES string of the molecule is C=CCOC12Oc3ccc(Oc4ccc(-c5ccccc5)cc4)cc3C3C(CCCCO)C(CCCCO)C=C(C(=NOCc4ccc([N+](=O)[O-])cc4)CC1N(Cc1ccc(F)cc1)C(=O)CCC1CCCC1)C32. The van der Waals surface area contributed by atoms with Gasteiger partial charge in [-0.25, -0.2) is 4.39 Å². The van der Waals surface area contributed by atoms with E-state index in [2.05, 4.69) is 30.9 Å². The second-order valence-electron chi connectivity index (χ2n) is 20.3. The zero-order valence-corrected chi connectivity index (χ0v) is 42.1. The lowest BCUT2D eigenvalue weighted by Crippen LogP contribution is -2.70. The predicted octanol–water partition coefficient (Wildman–Crippen LogP) is 13.0. The minimum absolute atomic E-state index is 0.00515. The summed E-state index contributed by atoms with van der Waals surface area (Å²) in [6, 6.07) is 35.8. The van der Waals surface area contributed by atoms with Gasteiger partial charge in [0.1, 0.15) is 35.7 Å². The predicted molar refractivity (Wildman–Crippen MR) is 283 cm³/mol. The zero-order chi connectivity index (χ0) is 51.4. The molecule has 0 radical (unpaired) electrons. The maximum atomic E-state index is 15.3. The molecule has 5 aromatic rings. The number of halogens is 1. The number of hydrogen-bond acceptors (Lipinski definition) is 10. The van der Waals surface area contributed by atoms with E-state index >= 15 is 4.79 Å². The van der Waals surface area contributed by atoms with Crippen molar-refractivity contribution in [2.45, 2.75) is 114 Å². The summed E-state index contributed by atoms with van der Waals surface area (Å²) in [5, 5.41) is 36.7. The lowest BCUT2D eigenvalue weighted by atomic mass is 9.55. The van der Waals surface area contributed by atoms with E-state index in [1.807, 2.05) is 59.5 Å². The topological polar surface area (TPSA) is 153 Å². The Balaban J connectivity index is 1.20. The first kappa shape index (κ1) is 52.2. The first-order chi connectivity index (χ1) is 36.2. The molecule has 9 rings (SSSR count). The average Bonchev–Trinajstić information content (AvgIpc) is 3.98. The first-order valence-corrected chi connectivity index (χ1v) is 26.5. The average molecular weight is 1010 g/mol. The lowest BCUT2D eigenvalue weighted by molar-refractivity contribution is -0.384. The molecule has 4 aliphatic rings. The molecule has 12 nitrogen and oxygen atoms in total. The summed E-state index contributed by atoms with van der Waals surface area (Å²) in [4.78, 5) is 34.5. The van der Waals surface area contributed by atoms with E-state index < -0.39 is 22.7 Å². The van der Waals surface area contributed by atoms with Crippen LogP contribution in [0.5, 0.6) is 17.2 Å². The number of fused-ring (bicyclic) bond motifs is 2. The van der Waals surface area contributed by atoms with Crippen molar-refractivity contribution in [2.75, 3.05) is 19.8 Å². The number of amides is 1. The summed E-state index contributed by atoms with van der Waals surface area (Å²) < 4.78 is 36.0. The highest BCUT2D eigenvalue weighted by molar-refractivity contribution is 6.03. The van der Waals surface area contributed by atoms with Crippen LogP contribution >= 0.6 is 0 Å². The van der Waals surface area contributed by atoms with Crippen molar-refractivity contribution in [3.63, 3.8) is 0 Å². The number of nitrogens with zero attached hydrogens (tertiary/aromatic N) is 3. The maximum Gasteiger partial charge on any atom is 0.269 e. The van der Waals surface area contributed by atoms with Crippen LogP contribution in [0, 0.1) is 39.6 Å². The van der Waals surface area contributed by atoms with Crippen LogP contribution in [-0.2, 0) is 27.5 Å². The van der Waals surface area contributed by atoms with Crippen LogP contribution < -0.4 is 9.47 Å². The normalized spacial score (nSPS) is 22.5. The molecule has 2 N–H and O–H groups in total. The van der Waals surface area contributed by atoms with Crippen LogP contribution in [0.2, 0.25) is 0 Å². The number of nitro groups is 1. The van der Waals surface area contributed by atoms with Gasteiger partial charge < -0.3 is 34.2 Å². The van der Waals surface area contributed by atoms with Gasteiger partial charge in [-0.3, -0.25) is 14.9 Å². The number of allylic oxidation sites excluding steroid dienone is 1. The summed E-state index contributed by atoms with van der Waals surface area (Å²) in [5.41, 5.74) is 5.99. The van der Waals surface area contributed by atoms with E-state index in [1.165, 1.54) is 24.3 Å². The van der Waals surface area contributed by atoms with Crippen molar-refractivity contribution in [3.8, 4) is 28.4 Å². The van der Waals surface area contributed by atoms with Gasteiger partial charge in [-0.2, -0.15) is 0 Å². The number of hydrogen-bond donors (Lipinski definition) is 2. The van der Waals surface area contributed by atoms with Crippen LogP contribution in [0.4, 0.5) is 10.1 Å². The summed E-state index contributed by atoms with van der Waals surface area (Å²) >= 11 is 0. The van der Waals surface area contributed by atoms with E-state index in [9.17, 15) is 24.7 Å². The Labute approximate surface area is 433 Å². The van der Waals surface area contributed by atoms with Crippen LogP contribution in [0.1, 0.15) is 106 Å². The van der Waals surface area contributed by atoms with Gasteiger partial charge >= 0.3 is 0 Å². The molecular formula is C61H68FN3O9. The third kappa shape index (κ3) is 12.0. The Bertz CT molecular complexity index is 2740. The Kier molecular flexibility index (Phi) is 17.3. The van der Waals surface area contributed by atoms with Crippen LogP contribution in [-0.4, -0.2) is 63.3 Å². The monoisotopic (exact) mass is 1010 g/mol. The van der Waals surface area contributed by atoms with Crippen LogP contribution in [0.15, 0.2) is 151 Å². The van der Waals surface area contributed by atoms with Crippen LogP contribution in [0.3, 0.4) is 0 Å². The third-order valence-corrected chi connectivity index (χ3v) is 15.6. The molecule has 1 heterocycles. The number of nitro benzene ring substituents is 1. The van der Waals surface area contributed by atoms with Gasteiger partial charge in [-0.05, 0) is 132 Å². The van der Waals surface area contributed by atoms with E-state index in [0.29, 0.717) is 53.7 Å². The van der Waals surface area contributed by atoms with Gasteiger partial charge in [0.15, 0.2) is 0 Å². The van der Waals surface area contributed by atoms with Gasteiger partial charge in [0.05, 0.1) is 23.2 Å². The van der Waals surface area contributed by atoms with E-state index in [-0.39, 0.29) is 74.6 Å². The Morgan fingerprint density at radius 3 is 2.24 bits per heavy atom. The zero-order valence-electron chi connectivity index (χ0n) is 42.1. The summed E-state index contributed by atoms with van der Waals surface area (Å²) in [6.45, 7) is 4.48. The number of rotatable bonds is 24. The fraction of sp³-hybridized carbons (Fsp3) is 0.410. The minimum atomic E-state index is -1.50. The van der Waals surface area contributed by atoms with Crippen molar-refractivity contribution < 1.29 is 43.4 Å². The molecule has 388 valence electrons. The number of oxime groups is 1. The second-order valence-corrected chi connectivity index (χ2v) is 20.3. The molecular weight excluding hydrogens is 938 g/mol. The fourth-order valence-electron chi connectivity index (χ4n) is 12.0. The second kappa shape index (κ2) is 24.6. The van der Waals surface area contributed by atoms with Crippen molar-refractivity contribution in [3.05, 3.63) is 178 Å². The summed E-state index contributed by atoms with van der Waals surface area (Å²) in [6.07, 6.45) is 14.0. The fourth-order valence-corrected chi connectivity index (χ4v) is 12.0. The molecule has 5 aromatic carbocycles. The Morgan fingerprint density at radius 2 is 1.54 bits per heavy atom. The molecule has 6 unspecified atom stereocenters. The largest absolute Gasteiger partial charge is 0.459 e. The molecule has 2 saturated carbocycles. The summed E-state index contributed by atoms with van der Waals surface area (Å²) in [5.74, 6) is -0.505.